The molecule has 6 nitrogen and oxygen atoms in total. The van der Waals surface area contributed by atoms with Crippen LogP contribution in [0.25, 0.3) is 17.1 Å². The number of hydrogen-bond donors (Lipinski definition) is 2. The minimum Gasteiger partial charge on any atom is -0.393 e. The van der Waals surface area contributed by atoms with Gasteiger partial charge in [0.2, 0.25) is 5.82 Å². The fourth-order valence-electron chi connectivity index (χ4n) is 3.49. The van der Waals surface area contributed by atoms with E-state index >= 15 is 0 Å². The van der Waals surface area contributed by atoms with E-state index in [0.717, 1.165) is 24.3 Å². The Bertz CT molecular complexity index is 1060. The molecule has 3 aromatic rings. The molecule has 156 valence electrons. The van der Waals surface area contributed by atoms with Crippen LogP contribution in [0, 0.1) is 17.6 Å². The first-order chi connectivity index (χ1) is 14.6. The number of allylic oxidation sites excluding steroid dienone is 1. The maximum atomic E-state index is 14.4. The maximum Gasteiger partial charge on any atom is 0.275 e. The predicted octanol–water partition coefficient (Wildman–Crippen LogP) is 4.17. The average molecular weight is 429 g/mol. The number of nitrogens with two attached hydrogens (primary N) is 2. The molecular formula is C21H21F2N5OS. The molecule has 1 fully saturated rings. The zero-order valence-corrected chi connectivity index (χ0v) is 16.9. The molecule has 0 radical (unpaired) electrons. The first-order valence-corrected chi connectivity index (χ1v) is 10.7. The zero-order valence-electron chi connectivity index (χ0n) is 16.1. The van der Waals surface area contributed by atoms with Crippen molar-refractivity contribution in [1.82, 2.24) is 10.1 Å². The van der Waals surface area contributed by atoms with E-state index in [1.54, 1.807) is 36.4 Å². The molecule has 9 heteroatoms. The van der Waals surface area contributed by atoms with E-state index in [9.17, 15) is 8.78 Å². The van der Waals surface area contributed by atoms with Crippen molar-refractivity contribution in [3.63, 3.8) is 0 Å². The van der Waals surface area contributed by atoms with Crippen molar-refractivity contribution in [3.8, 4) is 11.4 Å². The molecule has 0 amide bonds. The third-order valence-corrected chi connectivity index (χ3v) is 6.08. The van der Waals surface area contributed by atoms with Crippen molar-refractivity contribution in [2.45, 2.75) is 12.8 Å². The van der Waals surface area contributed by atoms with Gasteiger partial charge in [-0.3, -0.25) is 5.01 Å². The normalized spacial score (nSPS) is 15.7. The Hall–Kier alpha value is -2.91. The van der Waals surface area contributed by atoms with Crippen LogP contribution in [-0.2, 0) is 0 Å². The first-order valence-electron chi connectivity index (χ1n) is 9.52. The van der Waals surface area contributed by atoms with Gasteiger partial charge in [-0.2, -0.15) is 16.7 Å². The summed E-state index contributed by atoms with van der Waals surface area (Å²) in [4.78, 5) is 4.27. The van der Waals surface area contributed by atoms with Crippen LogP contribution in [0.5, 0.6) is 0 Å². The molecule has 0 spiro atoms. The lowest BCUT2D eigenvalue weighted by atomic mass is 9.96. The minimum atomic E-state index is -0.469. The highest BCUT2D eigenvalue weighted by Gasteiger charge is 2.29. The Morgan fingerprint density at radius 3 is 2.40 bits per heavy atom. The standard InChI is InChI=1S/C21H21F2N5OS/c22-15-6-2-1-5-14(15)20-26-21(29-27-20)18(24)19(13-9-11-30-12-10-13)28(25)17-8-4-3-7-16(17)23/h1-8,13H,9-12,24-25H2/b19-18-. The number of benzene rings is 2. The lowest BCUT2D eigenvalue weighted by Gasteiger charge is -2.32. The van der Waals surface area contributed by atoms with Gasteiger partial charge in [0.1, 0.15) is 17.3 Å². The van der Waals surface area contributed by atoms with Crippen LogP contribution in [0.2, 0.25) is 0 Å². The molecule has 0 aliphatic carbocycles. The number of hydrogen-bond acceptors (Lipinski definition) is 7. The summed E-state index contributed by atoms with van der Waals surface area (Å²) in [5.41, 5.74) is 7.50. The van der Waals surface area contributed by atoms with E-state index in [2.05, 4.69) is 10.1 Å². The summed E-state index contributed by atoms with van der Waals surface area (Å²) in [6.07, 6.45) is 1.66. The molecule has 0 unspecified atom stereocenters. The Morgan fingerprint density at radius 2 is 1.70 bits per heavy atom. The van der Waals surface area contributed by atoms with Crippen LogP contribution in [0.4, 0.5) is 14.5 Å². The fraction of sp³-hybridized carbons (Fsp3) is 0.238. The van der Waals surface area contributed by atoms with Crippen molar-refractivity contribution < 1.29 is 13.3 Å². The van der Waals surface area contributed by atoms with Gasteiger partial charge < -0.3 is 10.3 Å². The highest BCUT2D eigenvalue weighted by atomic mass is 32.2. The Labute approximate surface area is 176 Å². The van der Waals surface area contributed by atoms with E-state index in [0.29, 0.717) is 5.70 Å². The van der Waals surface area contributed by atoms with Crippen LogP contribution >= 0.6 is 11.8 Å². The monoisotopic (exact) mass is 429 g/mol. The second kappa shape index (κ2) is 8.85. The number of anilines is 1. The van der Waals surface area contributed by atoms with Crippen molar-refractivity contribution in [2.75, 3.05) is 16.5 Å². The maximum absolute atomic E-state index is 14.4. The largest absolute Gasteiger partial charge is 0.393 e. The minimum absolute atomic E-state index is 0.000308. The SMILES string of the molecule is N/C(=C(/C1CCSCC1)N(N)c1ccccc1F)c1nc(-c2ccccc2F)no1. The number of rotatable bonds is 5. The van der Waals surface area contributed by atoms with Crippen LogP contribution in [0.3, 0.4) is 0 Å². The second-order valence-electron chi connectivity index (χ2n) is 6.91. The third kappa shape index (κ3) is 4.03. The van der Waals surface area contributed by atoms with Gasteiger partial charge in [-0.05, 0) is 48.6 Å². The Morgan fingerprint density at radius 1 is 1.03 bits per heavy atom. The van der Waals surface area contributed by atoms with Crippen molar-refractivity contribution in [1.29, 1.82) is 0 Å². The highest BCUT2D eigenvalue weighted by molar-refractivity contribution is 7.99. The van der Waals surface area contributed by atoms with Gasteiger partial charge in [0.05, 0.1) is 16.9 Å². The highest BCUT2D eigenvalue weighted by Crippen LogP contribution is 2.35. The van der Waals surface area contributed by atoms with E-state index in [-0.39, 0.29) is 34.6 Å². The molecule has 30 heavy (non-hydrogen) atoms. The van der Waals surface area contributed by atoms with E-state index in [1.807, 2.05) is 11.8 Å². The third-order valence-electron chi connectivity index (χ3n) is 5.03. The summed E-state index contributed by atoms with van der Waals surface area (Å²) in [5, 5.41) is 5.13. The van der Waals surface area contributed by atoms with E-state index in [1.165, 1.54) is 17.1 Å². The Balaban J connectivity index is 1.77. The molecule has 0 bridgehead atoms. The van der Waals surface area contributed by atoms with Crippen molar-refractivity contribution >= 4 is 23.1 Å². The molecule has 0 atom stereocenters. The zero-order chi connectivity index (χ0) is 21.1. The number of hydrazine groups is 1. The van der Waals surface area contributed by atoms with Gasteiger partial charge in [-0.15, -0.1) is 0 Å². The van der Waals surface area contributed by atoms with Gasteiger partial charge in [-0.25, -0.2) is 14.6 Å². The fourth-order valence-corrected chi connectivity index (χ4v) is 4.60. The van der Waals surface area contributed by atoms with Crippen molar-refractivity contribution in [3.05, 3.63) is 71.8 Å². The predicted molar refractivity (Wildman–Crippen MR) is 114 cm³/mol. The molecule has 1 saturated heterocycles. The molecule has 2 heterocycles. The van der Waals surface area contributed by atoms with Gasteiger partial charge in [0.25, 0.3) is 5.89 Å². The molecule has 4 N–H and O–H groups in total. The number of thioether (sulfide) groups is 1. The summed E-state index contributed by atoms with van der Waals surface area (Å²) in [7, 11) is 0. The first kappa shape index (κ1) is 20.4. The van der Waals surface area contributed by atoms with Gasteiger partial charge in [0.15, 0.2) is 0 Å². The smallest absolute Gasteiger partial charge is 0.275 e. The molecule has 0 saturated carbocycles. The van der Waals surface area contributed by atoms with Crippen LogP contribution in [0.1, 0.15) is 18.7 Å². The molecule has 2 aromatic carbocycles. The molecule has 1 aliphatic rings. The quantitative estimate of drug-likeness (QED) is 0.464. The van der Waals surface area contributed by atoms with Crippen molar-refractivity contribution in [2.24, 2.45) is 17.5 Å². The summed E-state index contributed by atoms with van der Waals surface area (Å²) >= 11 is 1.85. The van der Waals surface area contributed by atoms with Gasteiger partial charge in [-0.1, -0.05) is 29.4 Å². The molecular weight excluding hydrogens is 408 g/mol. The summed E-state index contributed by atoms with van der Waals surface area (Å²) in [6.45, 7) is 0. The van der Waals surface area contributed by atoms with Crippen LogP contribution < -0.4 is 16.6 Å². The van der Waals surface area contributed by atoms with E-state index in [4.69, 9.17) is 16.1 Å². The number of aromatic nitrogens is 2. The lowest BCUT2D eigenvalue weighted by molar-refractivity contribution is 0.405. The van der Waals surface area contributed by atoms with Gasteiger partial charge in [0, 0.05) is 5.92 Å². The number of nitrogens with zero attached hydrogens (tertiary/aromatic N) is 3. The molecule has 1 aromatic heterocycles. The van der Waals surface area contributed by atoms with Crippen LogP contribution in [0.15, 0.2) is 58.8 Å². The topological polar surface area (TPSA) is 94.2 Å². The number of para-hydroxylation sites is 1. The summed E-state index contributed by atoms with van der Waals surface area (Å²) in [6, 6.07) is 12.3. The Kier molecular flexibility index (Phi) is 6.01. The van der Waals surface area contributed by atoms with E-state index < -0.39 is 11.6 Å². The van der Waals surface area contributed by atoms with Gasteiger partial charge >= 0.3 is 0 Å². The number of halogens is 2. The molecule has 1 aliphatic heterocycles. The average Bonchev–Trinajstić information content (AvgIpc) is 3.25. The summed E-state index contributed by atoms with van der Waals surface area (Å²) < 4.78 is 33.8. The second-order valence-corrected chi connectivity index (χ2v) is 8.13. The molecule has 4 rings (SSSR count). The lowest BCUT2D eigenvalue weighted by Crippen LogP contribution is -2.37. The van der Waals surface area contributed by atoms with Crippen LogP contribution in [-0.4, -0.2) is 21.6 Å². The summed E-state index contributed by atoms with van der Waals surface area (Å²) in [5.74, 6) is 7.40.